The highest BCUT2D eigenvalue weighted by atomic mass is 16.5. The van der Waals surface area contributed by atoms with E-state index >= 15 is 0 Å². The molecule has 0 aliphatic carbocycles. The number of hydrogen-bond donors (Lipinski definition) is 3. The molecule has 2 aromatic carbocycles. The fraction of sp³-hybridized carbons (Fsp3) is 0.250. The van der Waals surface area contributed by atoms with Crippen molar-refractivity contribution in [1.29, 1.82) is 0 Å². The highest BCUT2D eigenvalue weighted by Crippen LogP contribution is 2.19. The Bertz CT molecular complexity index is 553. The molecule has 0 spiro atoms. The van der Waals surface area contributed by atoms with Gasteiger partial charge in [0.25, 0.3) is 0 Å². The predicted molar refractivity (Wildman–Crippen MR) is 81.9 cm³/mol. The van der Waals surface area contributed by atoms with Crippen molar-refractivity contribution in [1.82, 2.24) is 0 Å². The molecule has 2 rings (SSSR count). The van der Waals surface area contributed by atoms with Gasteiger partial charge in [0.15, 0.2) is 0 Å². The topological polar surface area (TPSA) is 67.5 Å². The number of nitrogen functional groups attached to an aromatic ring is 1. The number of ether oxygens (including phenoxy) is 1. The number of aliphatic hydroxyl groups is 1. The number of anilines is 2. The fourth-order valence-corrected chi connectivity index (χ4v) is 1.95. The Kier molecular flexibility index (Phi) is 4.85. The molecule has 20 heavy (non-hydrogen) atoms. The van der Waals surface area contributed by atoms with E-state index < -0.39 is 0 Å². The van der Waals surface area contributed by atoms with E-state index in [-0.39, 0.29) is 6.61 Å². The van der Waals surface area contributed by atoms with Gasteiger partial charge in [-0.15, -0.1) is 0 Å². The van der Waals surface area contributed by atoms with Crippen LogP contribution in [-0.2, 0) is 6.54 Å². The summed E-state index contributed by atoms with van der Waals surface area (Å²) in [6.45, 7) is 3.12. The Balaban J connectivity index is 1.93. The minimum Gasteiger partial charge on any atom is -0.491 e. The molecule has 0 saturated carbocycles. The van der Waals surface area contributed by atoms with E-state index in [9.17, 15) is 0 Å². The summed E-state index contributed by atoms with van der Waals surface area (Å²) in [5, 5.41) is 12.1. The molecule has 106 valence electrons. The van der Waals surface area contributed by atoms with Gasteiger partial charge in [-0.3, -0.25) is 0 Å². The van der Waals surface area contributed by atoms with Gasteiger partial charge in [0.1, 0.15) is 12.4 Å². The van der Waals surface area contributed by atoms with Gasteiger partial charge >= 0.3 is 0 Å². The highest BCUT2D eigenvalue weighted by Gasteiger charge is 1.99. The van der Waals surface area contributed by atoms with E-state index in [0.717, 1.165) is 34.8 Å². The Labute approximate surface area is 119 Å². The number of benzene rings is 2. The third-order valence-corrected chi connectivity index (χ3v) is 3.02. The summed E-state index contributed by atoms with van der Waals surface area (Å²) in [4.78, 5) is 0. The normalized spacial score (nSPS) is 10.3. The summed E-state index contributed by atoms with van der Waals surface area (Å²) >= 11 is 0. The van der Waals surface area contributed by atoms with E-state index in [4.69, 9.17) is 15.6 Å². The van der Waals surface area contributed by atoms with Crippen molar-refractivity contribution in [3.63, 3.8) is 0 Å². The van der Waals surface area contributed by atoms with Crippen molar-refractivity contribution in [2.75, 3.05) is 24.3 Å². The van der Waals surface area contributed by atoms with E-state index in [2.05, 4.69) is 5.32 Å². The first kappa shape index (κ1) is 14.2. The SMILES string of the molecule is Cc1cc(N)ccc1NCc1ccc(OCCO)cc1. The molecule has 4 heteroatoms. The van der Waals surface area contributed by atoms with Crippen molar-refractivity contribution in [3.8, 4) is 5.75 Å². The van der Waals surface area contributed by atoms with Gasteiger partial charge in [-0.1, -0.05) is 12.1 Å². The van der Waals surface area contributed by atoms with Crippen LogP contribution in [0.5, 0.6) is 5.75 Å². The monoisotopic (exact) mass is 272 g/mol. The van der Waals surface area contributed by atoms with Crippen LogP contribution in [0, 0.1) is 6.92 Å². The summed E-state index contributed by atoms with van der Waals surface area (Å²) in [6.07, 6.45) is 0. The van der Waals surface area contributed by atoms with Crippen LogP contribution >= 0.6 is 0 Å². The number of rotatable bonds is 6. The van der Waals surface area contributed by atoms with E-state index in [1.807, 2.05) is 49.4 Å². The van der Waals surface area contributed by atoms with Gasteiger partial charge < -0.3 is 20.9 Å². The van der Waals surface area contributed by atoms with Crippen LogP contribution in [0.1, 0.15) is 11.1 Å². The highest BCUT2D eigenvalue weighted by molar-refractivity contribution is 5.57. The fourth-order valence-electron chi connectivity index (χ4n) is 1.95. The standard InChI is InChI=1S/C16H20N2O2/c1-12-10-14(17)4-7-16(12)18-11-13-2-5-15(6-3-13)20-9-8-19/h2-7,10,18-19H,8-9,11,17H2,1H3. The summed E-state index contributed by atoms with van der Waals surface area (Å²) in [6, 6.07) is 13.7. The van der Waals surface area contributed by atoms with Crippen LogP contribution in [0.25, 0.3) is 0 Å². The average Bonchev–Trinajstić information content (AvgIpc) is 2.45. The van der Waals surface area contributed by atoms with E-state index in [0.29, 0.717) is 6.61 Å². The van der Waals surface area contributed by atoms with Crippen molar-refractivity contribution in [3.05, 3.63) is 53.6 Å². The maximum absolute atomic E-state index is 8.69. The zero-order valence-electron chi connectivity index (χ0n) is 11.6. The molecular weight excluding hydrogens is 252 g/mol. The van der Waals surface area contributed by atoms with Gasteiger partial charge in [0, 0.05) is 17.9 Å². The molecule has 4 nitrogen and oxygen atoms in total. The summed E-state index contributed by atoms with van der Waals surface area (Å²) in [5.41, 5.74) is 9.89. The van der Waals surface area contributed by atoms with Crippen molar-refractivity contribution in [2.24, 2.45) is 0 Å². The maximum atomic E-state index is 8.69. The van der Waals surface area contributed by atoms with Gasteiger partial charge in [-0.05, 0) is 48.4 Å². The molecule has 4 N–H and O–H groups in total. The molecule has 0 aromatic heterocycles. The van der Waals surface area contributed by atoms with Crippen molar-refractivity contribution < 1.29 is 9.84 Å². The quantitative estimate of drug-likeness (QED) is 0.707. The summed E-state index contributed by atoms with van der Waals surface area (Å²) < 4.78 is 5.32. The van der Waals surface area contributed by atoms with Crippen LogP contribution in [0.3, 0.4) is 0 Å². The zero-order valence-corrected chi connectivity index (χ0v) is 11.6. The van der Waals surface area contributed by atoms with Crippen LogP contribution in [0.15, 0.2) is 42.5 Å². The van der Waals surface area contributed by atoms with Crippen LogP contribution in [0.2, 0.25) is 0 Å². The van der Waals surface area contributed by atoms with Crippen LogP contribution < -0.4 is 15.8 Å². The Morgan fingerprint density at radius 2 is 1.90 bits per heavy atom. The minimum absolute atomic E-state index is 0.0275. The third kappa shape index (κ3) is 3.90. The number of nitrogens with two attached hydrogens (primary N) is 1. The van der Waals surface area contributed by atoms with Gasteiger partial charge in [0.05, 0.1) is 6.61 Å². The molecule has 0 fully saturated rings. The second-order valence-electron chi connectivity index (χ2n) is 4.64. The smallest absolute Gasteiger partial charge is 0.119 e. The summed E-state index contributed by atoms with van der Waals surface area (Å²) in [7, 11) is 0. The minimum atomic E-state index is 0.0275. The first-order valence-electron chi connectivity index (χ1n) is 6.61. The molecule has 0 radical (unpaired) electrons. The van der Waals surface area contributed by atoms with Gasteiger partial charge in [-0.25, -0.2) is 0 Å². The first-order valence-corrected chi connectivity index (χ1v) is 6.61. The Hall–Kier alpha value is -2.20. The van der Waals surface area contributed by atoms with Gasteiger partial charge in [-0.2, -0.15) is 0 Å². The molecule has 2 aromatic rings. The molecular formula is C16H20N2O2. The van der Waals surface area contributed by atoms with Crippen molar-refractivity contribution >= 4 is 11.4 Å². The second-order valence-corrected chi connectivity index (χ2v) is 4.64. The lowest BCUT2D eigenvalue weighted by atomic mass is 10.1. The predicted octanol–water partition coefficient (Wildman–Crippen LogP) is 2.56. The Morgan fingerprint density at radius 3 is 2.55 bits per heavy atom. The average molecular weight is 272 g/mol. The maximum Gasteiger partial charge on any atom is 0.119 e. The van der Waals surface area contributed by atoms with Crippen molar-refractivity contribution in [2.45, 2.75) is 13.5 Å². The third-order valence-electron chi connectivity index (χ3n) is 3.02. The van der Waals surface area contributed by atoms with E-state index in [1.54, 1.807) is 0 Å². The number of aryl methyl sites for hydroxylation is 1. The molecule has 0 saturated heterocycles. The lowest BCUT2D eigenvalue weighted by molar-refractivity contribution is 0.201. The molecule has 0 aliphatic rings. The lowest BCUT2D eigenvalue weighted by Gasteiger charge is -2.11. The van der Waals surface area contributed by atoms with Crippen LogP contribution in [-0.4, -0.2) is 18.3 Å². The molecule has 0 unspecified atom stereocenters. The first-order chi connectivity index (χ1) is 9.69. The number of aliphatic hydroxyl groups excluding tert-OH is 1. The lowest BCUT2D eigenvalue weighted by Crippen LogP contribution is -2.03. The number of nitrogens with one attached hydrogen (secondary N) is 1. The summed E-state index contributed by atoms with van der Waals surface area (Å²) in [5.74, 6) is 0.770. The molecule has 0 aliphatic heterocycles. The van der Waals surface area contributed by atoms with Gasteiger partial charge in [0.2, 0.25) is 0 Å². The second kappa shape index (κ2) is 6.82. The molecule has 0 atom stereocenters. The van der Waals surface area contributed by atoms with E-state index in [1.165, 1.54) is 0 Å². The Morgan fingerprint density at radius 1 is 1.15 bits per heavy atom. The molecule has 0 bridgehead atoms. The molecule has 0 amide bonds. The largest absolute Gasteiger partial charge is 0.491 e. The van der Waals surface area contributed by atoms with Crippen LogP contribution in [0.4, 0.5) is 11.4 Å². The molecule has 0 heterocycles. The zero-order chi connectivity index (χ0) is 14.4. The number of hydrogen-bond acceptors (Lipinski definition) is 4.